The number of aryl methyl sites for hydroxylation is 1. The molecule has 0 aliphatic heterocycles. The number of carboxylic acid groups (broad SMARTS) is 1. The molecule has 2 aromatic rings. The predicted octanol–water partition coefficient (Wildman–Crippen LogP) is 5.52. The highest BCUT2D eigenvalue weighted by atomic mass is 32.1. The molecule has 0 fully saturated rings. The van der Waals surface area contributed by atoms with Crippen LogP contribution >= 0.6 is 22.7 Å². The van der Waals surface area contributed by atoms with Crippen molar-refractivity contribution in [1.29, 1.82) is 0 Å². The first kappa shape index (κ1) is 21.2. The number of rotatable bonds is 5. The lowest BCUT2D eigenvalue weighted by atomic mass is 9.86. The summed E-state index contributed by atoms with van der Waals surface area (Å²) in [5, 5.41) is 12.0. The molecule has 30 heavy (non-hydrogen) atoms. The second kappa shape index (κ2) is 7.92. The van der Waals surface area contributed by atoms with Gasteiger partial charge in [-0.1, -0.05) is 0 Å². The molecule has 0 spiro atoms. The molecule has 0 saturated heterocycles. The summed E-state index contributed by atoms with van der Waals surface area (Å²) >= 11 is 2.68. The number of halogens is 3. The summed E-state index contributed by atoms with van der Waals surface area (Å²) in [7, 11) is 0. The van der Waals surface area contributed by atoms with E-state index in [-0.39, 0.29) is 30.6 Å². The Morgan fingerprint density at radius 1 is 1.23 bits per heavy atom. The maximum absolute atomic E-state index is 13.3. The molecule has 0 radical (unpaired) electrons. The van der Waals surface area contributed by atoms with Gasteiger partial charge in [0.05, 0.1) is 5.92 Å². The topological polar surface area (TPSA) is 67.3 Å². The van der Waals surface area contributed by atoms with Crippen molar-refractivity contribution in [3.8, 4) is 10.6 Å². The number of ketones is 1. The van der Waals surface area contributed by atoms with Crippen LogP contribution in [0.3, 0.4) is 0 Å². The van der Waals surface area contributed by atoms with Gasteiger partial charge in [-0.3, -0.25) is 4.79 Å². The van der Waals surface area contributed by atoms with Crippen LogP contribution in [0, 0.1) is 12.8 Å². The van der Waals surface area contributed by atoms with E-state index in [0.29, 0.717) is 41.0 Å². The maximum Gasteiger partial charge on any atom is 0.392 e. The van der Waals surface area contributed by atoms with Gasteiger partial charge in [0.15, 0.2) is 5.78 Å². The fraction of sp³-hybridized carbons (Fsp3) is 0.476. The maximum atomic E-state index is 13.3. The molecular weight excluding hydrogens is 435 g/mol. The monoisotopic (exact) mass is 455 g/mol. The van der Waals surface area contributed by atoms with Gasteiger partial charge in [0, 0.05) is 44.0 Å². The quantitative estimate of drug-likeness (QED) is 0.644. The third-order valence-corrected chi connectivity index (χ3v) is 8.00. The van der Waals surface area contributed by atoms with E-state index in [1.54, 1.807) is 0 Å². The third-order valence-electron chi connectivity index (χ3n) is 5.77. The molecule has 1 unspecified atom stereocenters. The molecule has 2 aromatic heterocycles. The summed E-state index contributed by atoms with van der Waals surface area (Å²) in [6.07, 6.45) is -2.51. The summed E-state index contributed by atoms with van der Waals surface area (Å²) in [4.78, 5) is 30.3. The molecule has 4 nitrogen and oxygen atoms in total. The molecule has 9 heteroatoms. The van der Waals surface area contributed by atoms with Crippen molar-refractivity contribution in [2.45, 2.75) is 58.0 Å². The summed E-state index contributed by atoms with van der Waals surface area (Å²) in [5.74, 6) is -2.68. The van der Waals surface area contributed by atoms with Gasteiger partial charge in [-0.15, -0.1) is 22.7 Å². The predicted molar refractivity (Wildman–Crippen MR) is 109 cm³/mol. The molecule has 0 saturated carbocycles. The highest BCUT2D eigenvalue weighted by Gasteiger charge is 2.43. The van der Waals surface area contributed by atoms with Crippen LogP contribution in [-0.2, 0) is 28.9 Å². The first-order valence-corrected chi connectivity index (χ1v) is 11.5. The van der Waals surface area contributed by atoms with Crippen molar-refractivity contribution in [2.24, 2.45) is 5.92 Å². The number of carbonyl (C=O) groups is 2. The number of thiophene rings is 1. The van der Waals surface area contributed by atoms with Gasteiger partial charge < -0.3 is 5.11 Å². The van der Waals surface area contributed by atoms with E-state index in [2.05, 4.69) is 4.98 Å². The SMILES string of the molecule is Cc1csc(-c2c(CC(=O)C3=C(C(=O)O)CCC3)sc3c2CCC(C(F)(F)F)C3)n1. The molecule has 2 heterocycles. The van der Waals surface area contributed by atoms with E-state index in [9.17, 15) is 27.9 Å². The second-order valence-electron chi connectivity index (χ2n) is 7.79. The highest BCUT2D eigenvalue weighted by molar-refractivity contribution is 7.15. The fourth-order valence-electron chi connectivity index (χ4n) is 4.30. The number of carbonyl (C=O) groups excluding carboxylic acids is 1. The van der Waals surface area contributed by atoms with Gasteiger partial charge in [-0.2, -0.15) is 13.2 Å². The number of aromatic nitrogens is 1. The smallest absolute Gasteiger partial charge is 0.392 e. The van der Waals surface area contributed by atoms with Crippen LogP contribution in [0.5, 0.6) is 0 Å². The van der Waals surface area contributed by atoms with Crippen LogP contribution in [-0.4, -0.2) is 28.0 Å². The number of alkyl halides is 3. The molecular formula is C21H20F3NO3S2. The van der Waals surface area contributed by atoms with E-state index in [1.165, 1.54) is 22.7 Å². The Labute approximate surface area is 179 Å². The molecule has 2 aliphatic rings. The number of hydrogen-bond acceptors (Lipinski definition) is 5. The van der Waals surface area contributed by atoms with Gasteiger partial charge in [-0.25, -0.2) is 9.78 Å². The van der Waals surface area contributed by atoms with E-state index >= 15 is 0 Å². The zero-order chi connectivity index (χ0) is 21.6. The summed E-state index contributed by atoms with van der Waals surface area (Å²) in [5.41, 5.74) is 3.00. The minimum absolute atomic E-state index is 0.00836. The van der Waals surface area contributed by atoms with Crippen LogP contribution < -0.4 is 0 Å². The average molecular weight is 456 g/mol. The molecule has 4 rings (SSSR count). The minimum Gasteiger partial charge on any atom is -0.478 e. The van der Waals surface area contributed by atoms with Crippen molar-refractivity contribution in [2.75, 3.05) is 0 Å². The van der Waals surface area contributed by atoms with Crippen molar-refractivity contribution >= 4 is 34.4 Å². The molecule has 0 amide bonds. The zero-order valence-corrected chi connectivity index (χ0v) is 17.9. The first-order valence-electron chi connectivity index (χ1n) is 9.76. The van der Waals surface area contributed by atoms with E-state index < -0.39 is 18.1 Å². The Hall–Kier alpha value is -2.00. The second-order valence-corrected chi connectivity index (χ2v) is 9.84. The summed E-state index contributed by atoms with van der Waals surface area (Å²) in [6.45, 7) is 1.85. The number of allylic oxidation sites excluding steroid dienone is 1. The van der Waals surface area contributed by atoms with Gasteiger partial charge in [-0.05, 0) is 51.0 Å². The first-order chi connectivity index (χ1) is 14.1. The average Bonchev–Trinajstić information content (AvgIpc) is 3.37. The zero-order valence-electron chi connectivity index (χ0n) is 16.3. The molecule has 0 bridgehead atoms. The van der Waals surface area contributed by atoms with Crippen LogP contribution in [0.25, 0.3) is 10.6 Å². The van der Waals surface area contributed by atoms with Crippen molar-refractivity contribution in [3.05, 3.63) is 37.5 Å². The number of Topliss-reactive ketones (excluding diaryl/α,β-unsaturated/α-hetero) is 1. The van der Waals surface area contributed by atoms with Gasteiger partial charge >= 0.3 is 12.1 Å². The standard InChI is InChI=1S/C21H20F3NO3S2/c1-10-9-29-19(25-10)18-14-6-5-11(21(22,23)24)7-16(14)30-17(18)8-15(26)12-3-2-4-13(12)20(27)28/h9,11H,2-8H2,1H3,(H,27,28). The molecule has 1 N–H and O–H groups in total. The Morgan fingerprint density at radius 3 is 2.60 bits per heavy atom. The van der Waals surface area contributed by atoms with Crippen LogP contribution in [0.4, 0.5) is 13.2 Å². The Morgan fingerprint density at radius 2 is 1.97 bits per heavy atom. The number of carboxylic acids is 1. The molecule has 160 valence electrons. The molecule has 2 aliphatic carbocycles. The number of nitrogens with zero attached hydrogens (tertiary/aromatic N) is 1. The number of fused-ring (bicyclic) bond motifs is 1. The van der Waals surface area contributed by atoms with E-state index in [0.717, 1.165) is 21.8 Å². The molecule has 0 aromatic carbocycles. The largest absolute Gasteiger partial charge is 0.478 e. The molecule has 1 atom stereocenters. The highest BCUT2D eigenvalue weighted by Crippen LogP contribution is 2.46. The van der Waals surface area contributed by atoms with Crippen molar-refractivity contribution in [1.82, 2.24) is 4.98 Å². The van der Waals surface area contributed by atoms with E-state index in [4.69, 9.17) is 0 Å². The van der Waals surface area contributed by atoms with Gasteiger partial charge in [0.2, 0.25) is 0 Å². The Bertz CT molecular complexity index is 1050. The number of aliphatic carboxylic acids is 1. The van der Waals surface area contributed by atoms with Crippen molar-refractivity contribution < 1.29 is 27.9 Å². The van der Waals surface area contributed by atoms with Crippen molar-refractivity contribution in [3.63, 3.8) is 0 Å². The fourth-order valence-corrected chi connectivity index (χ4v) is 6.70. The number of thiazole rings is 1. The normalized spacial score (nSPS) is 19.3. The Balaban J connectivity index is 1.73. The lowest BCUT2D eigenvalue weighted by Gasteiger charge is -2.24. The lowest BCUT2D eigenvalue weighted by molar-refractivity contribution is -0.176. The van der Waals surface area contributed by atoms with Crippen LogP contribution in [0.2, 0.25) is 0 Å². The number of hydrogen-bond donors (Lipinski definition) is 1. The lowest BCUT2D eigenvalue weighted by Crippen LogP contribution is -2.28. The van der Waals surface area contributed by atoms with Crippen LogP contribution in [0.15, 0.2) is 16.5 Å². The van der Waals surface area contributed by atoms with Crippen LogP contribution in [0.1, 0.15) is 46.7 Å². The summed E-state index contributed by atoms with van der Waals surface area (Å²) < 4.78 is 39.8. The van der Waals surface area contributed by atoms with Gasteiger partial charge in [0.25, 0.3) is 0 Å². The summed E-state index contributed by atoms with van der Waals surface area (Å²) in [6, 6.07) is 0. The third kappa shape index (κ3) is 3.97. The Kier molecular flexibility index (Phi) is 5.61. The minimum atomic E-state index is -4.24. The van der Waals surface area contributed by atoms with E-state index in [1.807, 2.05) is 12.3 Å². The van der Waals surface area contributed by atoms with Gasteiger partial charge in [0.1, 0.15) is 5.01 Å².